The Hall–Kier alpha value is -0.622. The second-order valence-electron chi connectivity index (χ2n) is 3.12. The molecule has 1 aromatic carbocycles. The van der Waals surface area contributed by atoms with Crippen LogP contribution < -0.4 is 0 Å². The minimum absolute atomic E-state index is 0. The summed E-state index contributed by atoms with van der Waals surface area (Å²) in [6.45, 7) is 5.73. The maximum Gasteiger partial charge on any atom is 2.00 e. The molecule has 0 aromatic heterocycles. The molecular formula is C11H12O2W. The largest absolute Gasteiger partial charge is 2.00 e. The normalized spacial score (nSPS) is 11.6. The van der Waals surface area contributed by atoms with Crippen LogP contribution >= 0.6 is 0 Å². The van der Waals surface area contributed by atoms with E-state index in [1.807, 2.05) is 25.1 Å². The Morgan fingerprint density at radius 1 is 1.64 bits per heavy atom. The molecule has 0 saturated heterocycles. The van der Waals surface area contributed by atoms with Gasteiger partial charge in [-0.1, -0.05) is 6.92 Å². The van der Waals surface area contributed by atoms with Gasteiger partial charge in [-0.2, -0.15) is 41.3 Å². The zero-order chi connectivity index (χ0) is 9.84. The van der Waals surface area contributed by atoms with E-state index >= 15 is 0 Å². The fourth-order valence-corrected chi connectivity index (χ4v) is 1.09. The van der Waals surface area contributed by atoms with Crippen LogP contribution in [0.4, 0.5) is 0 Å². The van der Waals surface area contributed by atoms with E-state index in [4.69, 9.17) is 5.11 Å². The van der Waals surface area contributed by atoms with E-state index in [0.717, 1.165) is 11.1 Å². The molecule has 0 saturated carbocycles. The summed E-state index contributed by atoms with van der Waals surface area (Å²) in [5.74, 6) is -1.04. The molecule has 0 aliphatic carbocycles. The first-order valence-electron chi connectivity index (χ1n) is 4.12. The van der Waals surface area contributed by atoms with Crippen molar-refractivity contribution in [1.82, 2.24) is 0 Å². The number of hydrogen-bond acceptors (Lipinski definition) is 1. The molecule has 0 heterocycles. The van der Waals surface area contributed by atoms with Crippen LogP contribution in [0.25, 0.3) is 0 Å². The number of carbonyl (C=O) groups is 1. The Morgan fingerprint density at radius 2 is 2.29 bits per heavy atom. The van der Waals surface area contributed by atoms with Crippen LogP contribution in [0.1, 0.15) is 23.5 Å². The standard InChI is InChI=1S/C11H12O2.W/c1-8-3-5-10(6-4-8)9(2)7-11(12)13;/h3-5,9H,2,7H2,1H3,(H,12,13);/q-2;+2. The molecule has 1 atom stereocenters. The van der Waals surface area contributed by atoms with Crippen LogP contribution in [0, 0.1) is 19.9 Å². The number of aryl methyl sites for hydroxylation is 1. The number of rotatable bonds is 3. The Bertz CT molecular complexity index is 293. The van der Waals surface area contributed by atoms with Gasteiger partial charge in [0.25, 0.3) is 0 Å². The van der Waals surface area contributed by atoms with Gasteiger partial charge in [0.2, 0.25) is 0 Å². The minimum Gasteiger partial charge on any atom is -0.481 e. The summed E-state index contributed by atoms with van der Waals surface area (Å²) in [5.41, 5.74) is 1.97. The Labute approximate surface area is 98.6 Å². The summed E-state index contributed by atoms with van der Waals surface area (Å²) >= 11 is 0. The molecule has 1 unspecified atom stereocenters. The second-order valence-corrected chi connectivity index (χ2v) is 3.12. The molecule has 0 bridgehead atoms. The third kappa shape index (κ3) is 4.06. The fourth-order valence-electron chi connectivity index (χ4n) is 1.09. The van der Waals surface area contributed by atoms with Gasteiger partial charge in [-0.3, -0.25) is 4.79 Å². The van der Waals surface area contributed by atoms with E-state index in [0.29, 0.717) is 0 Å². The van der Waals surface area contributed by atoms with Crippen molar-refractivity contribution in [1.29, 1.82) is 0 Å². The van der Waals surface area contributed by atoms with Crippen LogP contribution in [-0.2, 0) is 25.9 Å². The average molecular weight is 360 g/mol. The maximum absolute atomic E-state index is 10.4. The van der Waals surface area contributed by atoms with Gasteiger partial charge in [0.1, 0.15) is 0 Å². The van der Waals surface area contributed by atoms with Crippen LogP contribution in [0.3, 0.4) is 0 Å². The third-order valence-corrected chi connectivity index (χ3v) is 1.85. The van der Waals surface area contributed by atoms with Gasteiger partial charge in [-0.25, -0.2) is 0 Å². The van der Waals surface area contributed by atoms with Crippen molar-refractivity contribution in [3.05, 3.63) is 42.3 Å². The maximum atomic E-state index is 10.4. The molecule has 2 nitrogen and oxygen atoms in total. The quantitative estimate of drug-likeness (QED) is 0.840. The molecule has 0 amide bonds. The SMILES string of the molecule is [CH2-]C(CC(=O)O)c1[c-]cc(C)cc1.[W+2]. The molecule has 74 valence electrons. The second kappa shape index (κ2) is 5.97. The Morgan fingerprint density at radius 3 is 2.71 bits per heavy atom. The molecule has 14 heavy (non-hydrogen) atoms. The molecule has 3 heteroatoms. The van der Waals surface area contributed by atoms with Crippen molar-refractivity contribution >= 4 is 5.97 Å². The molecule has 0 radical (unpaired) electrons. The van der Waals surface area contributed by atoms with E-state index in [1.54, 1.807) is 0 Å². The fraction of sp³-hybridized carbons (Fsp3) is 0.273. The van der Waals surface area contributed by atoms with E-state index < -0.39 is 5.97 Å². The van der Waals surface area contributed by atoms with E-state index in [9.17, 15) is 4.79 Å². The summed E-state index contributed by atoms with van der Waals surface area (Å²) in [7, 11) is 0. The van der Waals surface area contributed by atoms with Gasteiger partial charge < -0.3 is 12.0 Å². The predicted octanol–water partition coefficient (Wildman–Crippen LogP) is 2.19. The van der Waals surface area contributed by atoms with Gasteiger partial charge >= 0.3 is 27.0 Å². The van der Waals surface area contributed by atoms with Crippen molar-refractivity contribution < 1.29 is 31.0 Å². The molecule has 0 aliphatic heterocycles. The molecule has 0 spiro atoms. The van der Waals surface area contributed by atoms with Crippen molar-refractivity contribution in [3.8, 4) is 0 Å². The van der Waals surface area contributed by atoms with Crippen LogP contribution in [0.15, 0.2) is 18.2 Å². The summed E-state index contributed by atoms with van der Waals surface area (Å²) < 4.78 is 0. The van der Waals surface area contributed by atoms with Crippen LogP contribution in [-0.4, -0.2) is 11.1 Å². The van der Waals surface area contributed by atoms with Crippen molar-refractivity contribution in [2.75, 3.05) is 0 Å². The zero-order valence-corrected chi connectivity index (χ0v) is 10.9. The van der Waals surface area contributed by atoms with Crippen molar-refractivity contribution in [3.63, 3.8) is 0 Å². The third-order valence-electron chi connectivity index (χ3n) is 1.85. The van der Waals surface area contributed by atoms with E-state index in [1.165, 1.54) is 0 Å². The van der Waals surface area contributed by atoms with E-state index in [-0.39, 0.29) is 33.4 Å². The molecular weight excluding hydrogens is 348 g/mol. The smallest absolute Gasteiger partial charge is 0.481 e. The zero-order valence-electron chi connectivity index (χ0n) is 7.99. The first kappa shape index (κ1) is 13.4. The van der Waals surface area contributed by atoms with Gasteiger partial charge in [0.15, 0.2) is 0 Å². The number of aliphatic carboxylic acids is 1. The molecule has 0 fully saturated rings. The minimum atomic E-state index is -0.825. The number of carboxylic acid groups (broad SMARTS) is 1. The summed E-state index contributed by atoms with van der Waals surface area (Å²) in [6.07, 6.45) is 0.0551. The van der Waals surface area contributed by atoms with Gasteiger partial charge in [-0.05, 0) is 0 Å². The van der Waals surface area contributed by atoms with Gasteiger partial charge in [0.05, 0.1) is 0 Å². The molecule has 0 aliphatic rings. The van der Waals surface area contributed by atoms with Gasteiger partial charge in [0, 0.05) is 6.42 Å². The number of hydrogen-bond donors (Lipinski definition) is 1. The first-order chi connectivity index (χ1) is 6.09. The predicted molar refractivity (Wildman–Crippen MR) is 50.4 cm³/mol. The molecule has 1 rings (SSSR count). The van der Waals surface area contributed by atoms with Crippen LogP contribution in [0.2, 0.25) is 0 Å². The van der Waals surface area contributed by atoms with Crippen LogP contribution in [0.5, 0.6) is 0 Å². The first-order valence-corrected chi connectivity index (χ1v) is 4.12. The average Bonchev–Trinajstić information content (AvgIpc) is 2.04. The summed E-state index contributed by atoms with van der Waals surface area (Å²) in [6, 6.07) is 8.67. The van der Waals surface area contributed by atoms with E-state index in [2.05, 4.69) is 13.0 Å². The van der Waals surface area contributed by atoms with Crippen molar-refractivity contribution in [2.24, 2.45) is 0 Å². The Kier molecular flexibility index (Phi) is 5.71. The molecule has 1 aromatic rings. The number of benzene rings is 1. The van der Waals surface area contributed by atoms with Gasteiger partial charge in [-0.15, -0.1) is 0 Å². The summed E-state index contributed by atoms with van der Waals surface area (Å²) in [4.78, 5) is 10.4. The molecule has 1 N–H and O–H groups in total. The monoisotopic (exact) mass is 360 g/mol. The number of carboxylic acids is 1. The Balaban J connectivity index is 0.00000169. The van der Waals surface area contributed by atoms with Crippen molar-refractivity contribution in [2.45, 2.75) is 19.3 Å². The topological polar surface area (TPSA) is 37.3 Å². The summed E-state index contributed by atoms with van der Waals surface area (Å²) in [5, 5.41) is 8.55.